The summed E-state index contributed by atoms with van der Waals surface area (Å²) in [6.45, 7) is 1.81. The van der Waals surface area contributed by atoms with Crippen molar-refractivity contribution in [3.63, 3.8) is 0 Å². The van der Waals surface area contributed by atoms with Crippen LogP contribution in [0, 0.1) is 0 Å². The van der Waals surface area contributed by atoms with Crippen LogP contribution < -0.4 is 0 Å². The molecule has 2 aromatic rings. The normalized spacial score (nSPS) is 12.4. The maximum Gasteiger partial charge on any atom is 0.392 e. The Bertz CT molecular complexity index is 933. The minimum atomic E-state index is -4.45. The van der Waals surface area contributed by atoms with Crippen molar-refractivity contribution < 1.29 is 23.1 Å². The lowest BCUT2D eigenvalue weighted by atomic mass is 9.90. The van der Waals surface area contributed by atoms with Crippen LogP contribution in [0.15, 0.2) is 34.8 Å². The van der Waals surface area contributed by atoms with Crippen LogP contribution in [0.1, 0.15) is 40.4 Å². The van der Waals surface area contributed by atoms with Crippen LogP contribution in [0.5, 0.6) is 0 Å². The van der Waals surface area contributed by atoms with E-state index in [1.807, 2.05) is 6.92 Å². The summed E-state index contributed by atoms with van der Waals surface area (Å²) in [5.74, 6) is -1.21. The third kappa shape index (κ3) is 5.23. The van der Waals surface area contributed by atoms with Crippen LogP contribution in [0.25, 0.3) is 5.57 Å². The summed E-state index contributed by atoms with van der Waals surface area (Å²) in [7, 11) is 0. The molecule has 0 saturated carbocycles. The summed E-state index contributed by atoms with van der Waals surface area (Å²) in [5.41, 5.74) is 1.37. The Morgan fingerprint density at radius 2 is 1.75 bits per heavy atom. The molecule has 0 aromatic heterocycles. The first-order valence-electron chi connectivity index (χ1n) is 7.93. The summed E-state index contributed by atoms with van der Waals surface area (Å²) in [5, 5.41) is 9.63. The molecule has 0 radical (unpaired) electrons. The Hall–Kier alpha value is -1.21. The quantitative estimate of drug-likeness (QED) is 0.408. The molecule has 0 heterocycles. The van der Waals surface area contributed by atoms with Crippen molar-refractivity contribution in [2.45, 2.75) is 25.9 Å². The van der Waals surface area contributed by atoms with Crippen molar-refractivity contribution in [3.8, 4) is 0 Å². The maximum absolute atomic E-state index is 12.9. The van der Waals surface area contributed by atoms with Crippen molar-refractivity contribution in [1.82, 2.24) is 0 Å². The molecule has 2 aromatic carbocycles. The van der Waals surface area contributed by atoms with Crippen LogP contribution in [0.3, 0.4) is 0 Å². The van der Waals surface area contributed by atoms with Gasteiger partial charge in [0.05, 0.1) is 27.1 Å². The molecule has 0 aliphatic carbocycles. The zero-order valence-electron chi connectivity index (χ0n) is 14.3. The fourth-order valence-corrected chi connectivity index (χ4v) is 4.03. The second-order valence-corrected chi connectivity index (χ2v) is 7.80. The lowest BCUT2D eigenvalue weighted by Gasteiger charge is -2.18. The van der Waals surface area contributed by atoms with Crippen LogP contribution in [-0.2, 0) is 6.42 Å². The fraction of sp³-hybridized carbons (Fsp3) is 0.211. The smallest absolute Gasteiger partial charge is 0.392 e. The van der Waals surface area contributed by atoms with Gasteiger partial charge < -0.3 is 5.11 Å². The lowest BCUT2D eigenvalue weighted by molar-refractivity contribution is -0.124. The number of benzene rings is 2. The van der Waals surface area contributed by atoms with Gasteiger partial charge in [0.15, 0.2) is 0 Å². The Kier molecular flexibility index (Phi) is 7.48. The van der Waals surface area contributed by atoms with Crippen LogP contribution in [-0.4, -0.2) is 17.3 Å². The number of aromatic carboxylic acids is 1. The Morgan fingerprint density at radius 1 is 1.18 bits per heavy atom. The van der Waals surface area contributed by atoms with Crippen LogP contribution >= 0.6 is 50.7 Å². The number of carboxylic acid groups (broad SMARTS) is 1. The molecule has 9 heteroatoms. The van der Waals surface area contributed by atoms with Gasteiger partial charge in [-0.15, -0.1) is 0 Å². The molecular formula is C19H13BrCl3F3O2. The number of hydrogen-bond acceptors (Lipinski definition) is 1. The van der Waals surface area contributed by atoms with Gasteiger partial charge in [-0.2, -0.15) is 13.2 Å². The molecule has 2 rings (SSSR count). The van der Waals surface area contributed by atoms with E-state index in [1.165, 1.54) is 18.2 Å². The Balaban J connectivity index is 2.84. The lowest BCUT2D eigenvalue weighted by Crippen LogP contribution is -2.07. The van der Waals surface area contributed by atoms with E-state index in [1.54, 1.807) is 6.07 Å². The van der Waals surface area contributed by atoms with Crippen LogP contribution in [0.2, 0.25) is 15.1 Å². The van der Waals surface area contributed by atoms with Gasteiger partial charge in [0.2, 0.25) is 0 Å². The number of carboxylic acids is 1. The first kappa shape index (κ1) is 23.1. The topological polar surface area (TPSA) is 37.3 Å². The second-order valence-electron chi connectivity index (χ2n) is 5.81. The second kappa shape index (κ2) is 9.08. The maximum atomic E-state index is 12.9. The van der Waals surface area contributed by atoms with E-state index in [2.05, 4.69) is 15.9 Å². The predicted octanol–water partition coefficient (Wildman–Crippen LogP) is 8.05. The van der Waals surface area contributed by atoms with Gasteiger partial charge in [-0.05, 0) is 57.2 Å². The standard InChI is InChI=1S/C19H13BrCl3F3O2/c1-2-9-3-4-12(18(27)28)16(20)15(9)11(5-6-19(24,25)26)10-7-13(21)17(23)14(22)8-10/h3-5,7-8H,2,6H2,1H3,(H,27,28)/b11-5-. The highest BCUT2D eigenvalue weighted by Gasteiger charge is 2.27. The number of carbonyl (C=O) groups is 1. The first-order chi connectivity index (χ1) is 13.0. The van der Waals surface area contributed by atoms with Crippen molar-refractivity contribution in [2.75, 3.05) is 0 Å². The Labute approximate surface area is 183 Å². The molecule has 0 amide bonds. The summed E-state index contributed by atoms with van der Waals surface area (Å²) >= 11 is 21.3. The van der Waals surface area contributed by atoms with E-state index < -0.39 is 18.6 Å². The number of halogens is 7. The molecule has 0 fully saturated rings. The van der Waals surface area contributed by atoms with E-state index in [-0.39, 0.29) is 30.7 Å². The third-order valence-electron chi connectivity index (χ3n) is 3.94. The highest BCUT2D eigenvalue weighted by molar-refractivity contribution is 9.10. The molecule has 2 nitrogen and oxygen atoms in total. The van der Waals surface area contributed by atoms with Gasteiger partial charge in [0.25, 0.3) is 0 Å². The highest BCUT2D eigenvalue weighted by atomic mass is 79.9. The van der Waals surface area contributed by atoms with Crippen molar-refractivity contribution in [3.05, 3.63) is 72.1 Å². The summed E-state index contributed by atoms with van der Waals surface area (Å²) in [6.07, 6.45) is -4.21. The minimum absolute atomic E-state index is 0.0729. The molecule has 28 heavy (non-hydrogen) atoms. The highest BCUT2D eigenvalue weighted by Crippen LogP contribution is 2.40. The zero-order chi connectivity index (χ0) is 21.2. The van der Waals surface area contributed by atoms with E-state index >= 15 is 0 Å². The van der Waals surface area contributed by atoms with E-state index in [0.717, 1.165) is 6.08 Å². The molecule has 0 saturated heterocycles. The molecule has 0 unspecified atom stereocenters. The SMILES string of the molecule is CCc1ccc(C(=O)O)c(Br)c1/C(=C\CC(F)(F)F)c1cc(Cl)c(Cl)c(Cl)c1. The van der Waals surface area contributed by atoms with Gasteiger partial charge in [-0.1, -0.05) is 53.9 Å². The number of aryl methyl sites for hydroxylation is 1. The molecule has 0 aliphatic heterocycles. The number of rotatable bonds is 5. The number of alkyl halides is 3. The molecule has 150 valence electrons. The van der Waals surface area contributed by atoms with E-state index in [9.17, 15) is 23.1 Å². The third-order valence-corrected chi connectivity index (χ3v) is 5.96. The largest absolute Gasteiger partial charge is 0.478 e. The van der Waals surface area contributed by atoms with Gasteiger partial charge in [0, 0.05) is 10.0 Å². The van der Waals surface area contributed by atoms with Gasteiger partial charge in [-0.25, -0.2) is 4.79 Å². The molecular weight excluding hydrogens is 503 g/mol. The molecule has 1 N–H and O–H groups in total. The van der Waals surface area contributed by atoms with Crippen molar-refractivity contribution in [2.24, 2.45) is 0 Å². The average molecular weight is 517 g/mol. The molecule has 0 atom stereocenters. The summed E-state index contributed by atoms with van der Waals surface area (Å²) in [6, 6.07) is 5.77. The average Bonchev–Trinajstić information content (AvgIpc) is 2.59. The monoisotopic (exact) mass is 514 g/mol. The Morgan fingerprint density at radius 3 is 2.21 bits per heavy atom. The fourth-order valence-electron chi connectivity index (χ4n) is 2.66. The van der Waals surface area contributed by atoms with Crippen LogP contribution in [0.4, 0.5) is 13.2 Å². The summed E-state index contributed by atoms with van der Waals surface area (Å²) in [4.78, 5) is 11.5. The number of allylic oxidation sites excluding steroid dienone is 1. The molecule has 0 bridgehead atoms. The first-order valence-corrected chi connectivity index (χ1v) is 9.85. The van der Waals surface area contributed by atoms with Gasteiger partial charge >= 0.3 is 12.1 Å². The van der Waals surface area contributed by atoms with Gasteiger partial charge in [-0.3, -0.25) is 0 Å². The van der Waals surface area contributed by atoms with Gasteiger partial charge in [0.1, 0.15) is 0 Å². The predicted molar refractivity (Wildman–Crippen MR) is 110 cm³/mol. The van der Waals surface area contributed by atoms with E-state index in [0.29, 0.717) is 23.1 Å². The molecule has 0 spiro atoms. The van der Waals surface area contributed by atoms with E-state index in [4.69, 9.17) is 34.8 Å². The van der Waals surface area contributed by atoms with Crippen molar-refractivity contribution >= 4 is 62.3 Å². The summed E-state index contributed by atoms with van der Waals surface area (Å²) < 4.78 is 39.0. The van der Waals surface area contributed by atoms with Crippen molar-refractivity contribution in [1.29, 1.82) is 0 Å². The minimum Gasteiger partial charge on any atom is -0.478 e. The number of hydrogen-bond donors (Lipinski definition) is 1. The zero-order valence-corrected chi connectivity index (χ0v) is 18.2. The molecule has 0 aliphatic rings.